The Balaban J connectivity index is 1.38. The first-order valence-corrected chi connectivity index (χ1v) is 11.1. The van der Waals surface area contributed by atoms with E-state index in [4.69, 9.17) is 23.2 Å². The molecule has 0 aliphatic heterocycles. The Morgan fingerprint density at radius 2 is 1.91 bits per heavy atom. The molecule has 3 aromatic heterocycles. The molecule has 32 heavy (non-hydrogen) atoms. The third-order valence-electron chi connectivity index (χ3n) is 4.79. The summed E-state index contributed by atoms with van der Waals surface area (Å²) in [5.41, 5.74) is 1.78. The summed E-state index contributed by atoms with van der Waals surface area (Å²) in [5.74, 6) is 0.616. The van der Waals surface area contributed by atoms with Crippen molar-refractivity contribution in [3.8, 4) is 0 Å². The highest BCUT2D eigenvalue weighted by atomic mass is 35.5. The Morgan fingerprint density at radius 1 is 1.16 bits per heavy atom. The van der Waals surface area contributed by atoms with Crippen molar-refractivity contribution in [2.75, 3.05) is 5.32 Å². The van der Waals surface area contributed by atoms with E-state index in [0.29, 0.717) is 51.9 Å². The molecule has 0 aliphatic carbocycles. The van der Waals surface area contributed by atoms with E-state index in [2.05, 4.69) is 25.7 Å². The molecule has 0 bridgehead atoms. The van der Waals surface area contributed by atoms with Crippen molar-refractivity contribution in [2.45, 2.75) is 33.4 Å². The molecule has 0 saturated heterocycles. The second-order valence-corrected chi connectivity index (χ2v) is 8.85. The zero-order valence-electron chi connectivity index (χ0n) is 17.1. The Kier molecular flexibility index (Phi) is 6.40. The van der Waals surface area contributed by atoms with E-state index in [1.54, 1.807) is 41.4 Å². The van der Waals surface area contributed by atoms with E-state index in [-0.39, 0.29) is 5.69 Å². The molecule has 0 atom stereocenters. The maximum absolute atomic E-state index is 11.1. The van der Waals surface area contributed by atoms with Gasteiger partial charge in [0.05, 0.1) is 11.5 Å². The molecule has 0 saturated carbocycles. The second-order valence-electron chi connectivity index (χ2n) is 6.97. The molecule has 1 N–H and O–H groups in total. The van der Waals surface area contributed by atoms with Crippen LogP contribution in [-0.4, -0.2) is 34.7 Å². The Bertz CT molecular complexity index is 1260. The minimum atomic E-state index is -0.403. The molecule has 166 valence electrons. The van der Waals surface area contributed by atoms with Gasteiger partial charge in [0, 0.05) is 40.8 Å². The minimum absolute atomic E-state index is 0.0540. The molecule has 3 heterocycles. The number of nitro groups is 1. The Hall–Kier alpha value is -3.02. The van der Waals surface area contributed by atoms with Crippen molar-refractivity contribution in [3.05, 3.63) is 72.6 Å². The van der Waals surface area contributed by atoms with Crippen LogP contribution in [0.5, 0.6) is 0 Å². The van der Waals surface area contributed by atoms with Gasteiger partial charge in [0.15, 0.2) is 5.82 Å². The third-order valence-corrected chi connectivity index (χ3v) is 6.39. The molecular weight excluding hydrogens is 475 g/mol. The van der Waals surface area contributed by atoms with Gasteiger partial charge in [-0.3, -0.25) is 19.5 Å². The molecule has 4 rings (SSSR count). The molecule has 0 unspecified atom stereocenters. The summed E-state index contributed by atoms with van der Waals surface area (Å²) in [6, 6.07) is 7.20. The zero-order valence-corrected chi connectivity index (χ0v) is 19.4. The minimum Gasteiger partial charge on any atom is -0.313 e. The normalized spacial score (nSPS) is 11.1. The Labute approximate surface area is 196 Å². The summed E-state index contributed by atoms with van der Waals surface area (Å²) in [6.07, 6.45) is 2.37. The van der Waals surface area contributed by atoms with E-state index >= 15 is 0 Å². The molecule has 4 aromatic rings. The van der Waals surface area contributed by atoms with Crippen LogP contribution >= 0.6 is 34.5 Å². The highest BCUT2D eigenvalue weighted by molar-refractivity contribution is 7.15. The summed E-state index contributed by atoms with van der Waals surface area (Å²) >= 11 is 13.8. The van der Waals surface area contributed by atoms with Gasteiger partial charge in [-0.15, -0.1) is 10.2 Å². The number of halogens is 2. The van der Waals surface area contributed by atoms with Gasteiger partial charge >= 0.3 is 5.69 Å². The van der Waals surface area contributed by atoms with E-state index < -0.39 is 4.92 Å². The van der Waals surface area contributed by atoms with Crippen LogP contribution in [0, 0.1) is 24.0 Å². The lowest BCUT2D eigenvalue weighted by molar-refractivity contribution is -0.386. The average molecular weight is 493 g/mol. The smallest absolute Gasteiger partial charge is 0.312 e. The molecule has 0 fully saturated rings. The fourth-order valence-corrected chi connectivity index (χ4v) is 4.50. The van der Waals surface area contributed by atoms with Gasteiger partial charge in [-0.05, 0) is 26.0 Å². The molecule has 0 amide bonds. The van der Waals surface area contributed by atoms with Crippen LogP contribution in [0.2, 0.25) is 10.0 Å². The quantitative estimate of drug-likeness (QED) is 0.277. The number of anilines is 2. The maximum Gasteiger partial charge on any atom is 0.312 e. The lowest BCUT2D eigenvalue weighted by Crippen LogP contribution is -2.05. The van der Waals surface area contributed by atoms with Gasteiger partial charge in [0.2, 0.25) is 5.13 Å². The molecule has 0 radical (unpaired) electrons. The molecule has 1 aromatic carbocycles. The van der Waals surface area contributed by atoms with Gasteiger partial charge in [0.1, 0.15) is 16.4 Å². The summed E-state index contributed by atoms with van der Waals surface area (Å²) in [7, 11) is 0. The molecule has 0 spiro atoms. The molecular formula is C19H18Cl2N8O2S. The van der Waals surface area contributed by atoms with Gasteiger partial charge in [-0.25, -0.2) is 0 Å². The van der Waals surface area contributed by atoms with Crippen LogP contribution in [0.1, 0.15) is 22.0 Å². The van der Waals surface area contributed by atoms with Crippen molar-refractivity contribution in [1.29, 1.82) is 0 Å². The second kappa shape index (κ2) is 9.23. The van der Waals surface area contributed by atoms with Crippen molar-refractivity contribution in [1.82, 2.24) is 29.8 Å². The fourth-order valence-electron chi connectivity index (χ4n) is 3.25. The van der Waals surface area contributed by atoms with Gasteiger partial charge in [-0.2, -0.15) is 10.2 Å². The van der Waals surface area contributed by atoms with Crippen LogP contribution in [-0.2, 0) is 19.5 Å². The maximum atomic E-state index is 11.1. The van der Waals surface area contributed by atoms with Crippen LogP contribution in [0.3, 0.4) is 0 Å². The van der Waals surface area contributed by atoms with Crippen molar-refractivity contribution in [2.24, 2.45) is 0 Å². The van der Waals surface area contributed by atoms with Crippen molar-refractivity contribution < 1.29 is 4.92 Å². The Morgan fingerprint density at radius 3 is 2.59 bits per heavy atom. The molecule has 13 heteroatoms. The topological polar surface area (TPSA) is 117 Å². The number of aryl methyl sites for hydroxylation is 3. The standard InChI is InChI=1S/C19H18Cl2N8O2S/c1-11-18(29(30)31)12(2)28(25-11)9-7-17-23-24-19(32-17)22-16-6-8-27(26-16)10-13-14(20)4-3-5-15(13)21/h3-6,8H,7,9-10H2,1-2H3,(H,22,24,26). The first-order chi connectivity index (χ1) is 15.3. The third kappa shape index (κ3) is 4.74. The van der Waals surface area contributed by atoms with E-state index in [1.165, 1.54) is 11.3 Å². The number of rotatable bonds is 8. The number of nitrogens with zero attached hydrogens (tertiary/aromatic N) is 7. The first kappa shape index (κ1) is 22.2. The van der Waals surface area contributed by atoms with Crippen molar-refractivity contribution >= 4 is 51.2 Å². The van der Waals surface area contributed by atoms with Crippen molar-refractivity contribution in [3.63, 3.8) is 0 Å². The monoisotopic (exact) mass is 492 g/mol. The average Bonchev–Trinajstić information content (AvgIpc) is 3.43. The number of benzene rings is 1. The highest BCUT2D eigenvalue weighted by Gasteiger charge is 2.21. The first-order valence-electron chi connectivity index (χ1n) is 9.56. The fraction of sp³-hybridized carbons (Fsp3) is 0.263. The number of aromatic nitrogens is 6. The van der Waals surface area contributed by atoms with E-state index in [0.717, 1.165) is 10.6 Å². The van der Waals surface area contributed by atoms with E-state index in [1.807, 2.05) is 12.3 Å². The number of nitrogens with one attached hydrogen (secondary N) is 1. The lowest BCUT2D eigenvalue weighted by Gasteiger charge is -2.06. The number of hydrogen-bond acceptors (Lipinski definition) is 8. The largest absolute Gasteiger partial charge is 0.313 e. The van der Waals surface area contributed by atoms with Gasteiger partial charge in [-0.1, -0.05) is 40.6 Å². The highest BCUT2D eigenvalue weighted by Crippen LogP contribution is 2.26. The zero-order chi connectivity index (χ0) is 22.8. The predicted molar refractivity (Wildman–Crippen MR) is 123 cm³/mol. The summed E-state index contributed by atoms with van der Waals surface area (Å²) in [6.45, 7) is 4.24. The lowest BCUT2D eigenvalue weighted by atomic mass is 10.2. The van der Waals surface area contributed by atoms with E-state index in [9.17, 15) is 10.1 Å². The predicted octanol–water partition coefficient (Wildman–Crippen LogP) is 4.80. The SMILES string of the molecule is Cc1nn(CCc2nnc(Nc3ccn(Cc4c(Cl)cccc4Cl)n3)s2)c(C)c1[N+](=O)[O-]. The molecule has 10 nitrogen and oxygen atoms in total. The van der Waals surface area contributed by atoms with Gasteiger partial charge in [0.25, 0.3) is 0 Å². The summed E-state index contributed by atoms with van der Waals surface area (Å²) in [5, 5.41) is 33.9. The molecule has 0 aliphatic rings. The van der Waals surface area contributed by atoms with Crippen LogP contribution < -0.4 is 5.32 Å². The van der Waals surface area contributed by atoms with Crippen LogP contribution in [0.25, 0.3) is 0 Å². The summed E-state index contributed by atoms with van der Waals surface area (Å²) in [4.78, 5) is 10.7. The van der Waals surface area contributed by atoms with Gasteiger partial charge < -0.3 is 5.32 Å². The van der Waals surface area contributed by atoms with Crippen LogP contribution in [0.4, 0.5) is 16.6 Å². The number of hydrogen-bond donors (Lipinski definition) is 1. The van der Waals surface area contributed by atoms with Crippen LogP contribution in [0.15, 0.2) is 30.5 Å². The summed E-state index contributed by atoms with van der Waals surface area (Å²) < 4.78 is 3.36.